The lowest BCUT2D eigenvalue weighted by molar-refractivity contribution is -0.110. The Hall–Kier alpha value is -1.93. The second-order valence-corrected chi connectivity index (χ2v) is 5.88. The van der Waals surface area contributed by atoms with Crippen molar-refractivity contribution < 1.29 is 4.79 Å². The maximum atomic E-state index is 11.8. The Morgan fingerprint density at radius 2 is 1.70 bits per heavy atom. The summed E-state index contributed by atoms with van der Waals surface area (Å²) >= 11 is 1.62. The van der Waals surface area contributed by atoms with Gasteiger partial charge in [0.05, 0.1) is 0 Å². The van der Waals surface area contributed by atoms with Crippen LogP contribution in [0.2, 0.25) is 0 Å². The molecule has 0 N–H and O–H groups in total. The highest BCUT2D eigenvalue weighted by atomic mass is 32.1. The van der Waals surface area contributed by atoms with Crippen molar-refractivity contribution in [1.82, 2.24) is 0 Å². The number of ketones is 1. The summed E-state index contributed by atoms with van der Waals surface area (Å²) in [5.74, 6) is 0.0118. The summed E-state index contributed by atoms with van der Waals surface area (Å²) in [7, 11) is 0. The quantitative estimate of drug-likeness (QED) is 0.724. The standard InChI is InChI=1S/C18H18OS/c1-13-11-14(2)18(15(3)12-13)9-7-16(19)6-8-17-5-4-10-20-17/h4-12H,1-3H3. The maximum absolute atomic E-state index is 11.8. The fourth-order valence-electron chi connectivity index (χ4n) is 2.23. The predicted octanol–water partition coefficient (Wildman–Crippen LogP) is 4.97. The molecule has 0 aliphatic carbocycles. The molecule has 0 saturated heterocycles. The largest absolute Gasteiger partial charge is 0.290 e. The Balaban J connectivity index is 2.12. The van der Waals surface area contributed by atoms with Crippen LogP contribution in [0.5, 0.6) is 0 Å². The van der Waals surface area contributed by atoms with E-state index < -0.39 is 0 Å². The number of aryl methyl sites for hydroxylation is 3. The lowest BCUT2D eigenvalue weighted by atomic mass is 9.99. The molecule has 1 aromatic carbocycles. The first-order valence-corrected chi connectivity index (χ1v) is 7.46. The Bertz CT molecular complexity index is 638. The number of carbonyl (C=O) groups is 1. The van der Waals surface area contributed by atoms with Crippen molar-refractivity contribution >= 4 is 29.3 Å². The number of carbonyl (C=O) groups excluding carboxylic acids is 1. The van der Waals surface area contributed by atoms with E-state index in [-0.39, 0.29) is 5.78 Å². The zero-order valence-electron chi connectivity index (χ0n) is 12.0. The van der Waals surface area contributed by atoms with Crippen LogP contribution in [0.3, 0.4) is 0 Å². The molecule has 0 unspecified atom stereocenters. The average Bonchev–Trinajstić information content (AvgIpc) is 2.88. The molecule has 2 aromatic rings. The van der Waals surface area contributed by atoms with E-state index in [1.54, 1.807) is 23.5 Å². The van der Waals surface area contributed by atoms with Gasteiger partial charge in [-0.3, -0.25) is 4.79 Å². The van der Waals surface area contributed by atoms with Crippen molar-refractivity contribution in [2.45, 2.75) is 20.8 Å². The van der Waals surface area contributed by atoms with Crippen molar-refractivity contribution in [2.75, 3.05) is 0 Å². The highest BCUT2D eigenvalue weighted by Gasteiger charge is 2.00. The number of rotatable bonds is 4. The normalized spacial score (nSPS) is 11.6. The van der Waals surface area contributed by atoms with E-state index in [1.165, 1.54) is 16.7 Å². The Labute approximate surface area is 124 Å². The molecule has 0 atom stereocenters. The van der Waals surface area contributed by atoms with Crippen LogP contribution in [0, 0.1) is 20.8 Å². The fourth-order valence-corrected chi connectivity index (χ4v) is 2.84. The van der Waals surface area contributed by atoms with Crippen molar-refractivity contribution in [1.29, 1.82) is 0 Å². The minimum atomic E-state index is 0.0118. The van der Waals surface area contributed by atoms with Crippen molar-refractivity contribution in [3.05, 3.63) is 68.9 Å². The smallest absolute Gasteiger partial charge is 0.178 e. The Morgan fingerprint density at radius 3 is 2.30 bits per heavy atom. The maximum Gasteiger partial charge on any atom is 0.178 e. The molecule has 0 aliphatic rings. The third-order valence-electron chi connectivity index (χ3n) is 3.11. The molecule has 0 saturated carbocycles. The highest BCUT2D eigenvalue weighted by molar-refractivity contribution is 7.10. The first-order chi connectivity index (χ1) is 9.56. The number of thiophene rings is 1. The molecule has 1 heterocycles. The van der Waals surface area contributed by atoms with Gasteiger partial charge in [-0.05, 0) is 67.1 Å². The average molecular weight is 282 g/mol. The second kappa shape index (κ2) is 6.49. The molecule has 0 amide bonds. The number of hydrogen-bond donors (Lipinski definition) is 0. The summed E-state index contributed by atoms with van der Waals surface area (Å²) in [5, 5.41) is 2.00. The van der Waals surface area contributed by atoms with Gasteiger partial charge in [-0.1, -0.05) is 29.8 Å². The second-order valence-electron chi connectivity index (χ2n) is 4.90. The van der Waals surface area contributed by atoms with Gasteiger partial charge < -0.3 is 0 Å². The monoisotopic (exact) mass is 282 g/mol. The summed E-state index contributed by atoms with van der Waals surface area (Å²) in [6.45, 7) is 6.24. The number of hydrogen-bond acceptors (Lipinski definition) is 2. The van der Waals surface area contributed by atoms with Crippen LogP contribution in [0.15, 0.2) is 41.8 Å². The van der Waals surface area contributed by atoms with Crippen LogP contribution < -0.4 is 0 Å². The van der Waals surface area contributed by atoms with Crippen LogP contribution in [0.4, 0.5) is 0 Å². The summed E-state index contributed by atoms with van der Waals surface area (Å²) in [6, 6.07) is 8.24. The molecule has 0 radical (unpaired) electrons. The molecule has 2 heteroatoms. The van der Waals surface area contributed by atoms with Gasteiger partial charge in [-0.2, -0.15) is 0 Å². The molecule has 1 nitrogen and oxygen atoms in total. The zero-order chi connectivity index (χ0) is 14.5. The summed E-state index contributed by atoms with van der Waals surface area (Å²) in [5.41, 5.74) is 4.79. The number of allylic oxidation sites excluding steroid dienone is 2. The molecule has 0 aliphatic heterocycles. The van der Waals surface area contributed by atoms with E-state index in [1.807, 2.05) is 29.7 Å². The Kier molecular flexibility index (Phi) is 4.70. The topological polar surface area (TPSA) is 17.1 Å². The van der Waals surface area contributed by atoms with Gasteiger partial charge >= 0.3 is 0 Å². The molecule has 0 spiro atoms. The highest BCUT2D eigenvalue weighted by Crippen LogP contribution is 2.18. The van der Waals surface area contributed by atoms with Crippen molar-refractivity contribution in [3.8, 4) is 0 Å². The van der Waals surface area contributed by atoms with Crippen LogP contribution in [-0.4, -0.2) is 5.78 Å². The van der Waals surface area contributed by atoms with Gasteiger partial charge in [0.15, 0.2) is 5.78 Å². The Morgan fingerprint density at radius 1 is 1.05 bits per heavy atom. The van der Waals surface area contributed by atoms with Gasteiger partial charge in [0.1, 0.15) is 0 Å². The fraction of sp³-hybridized carbons (Fsp3) is 0.167. The van der Waals surface area contributed by atoms with Crippen LogP contribution in [0.25, 0.3) is 12.2 Å². The summed E-state index contributed by atoms with van der Waals surface area (Å²) < 4.78 is 0. The zero-order valence-corrected chi connectivity index (χ0v) is 12.8. The third-order valence-corrected chi connectivity index (χ3v) is 3.94. The molecular weight excluding hydrogens is 264 g/mol. The molecule has 0 bridgehead atoms. The van der Waals surface area contributed by atoms with E-state index in [2.05, 4.69) is 32.9 Å². The lowest BCUT2D eigenvalue weighted by Gasteiger charge is -2.06. The van der Waals surface area contributed by atoms with Crippen molar-refractivity contribution in [3.63, 3.8) is 0 Å². The first kappa shape index (κ1) is 14.5. The number of benzene rings is 1. The minimum absolute atomic E-state index is 0.0118. The van der Waals surface area contributed by atoms with Crippen LogP contribution in [-0.2, 0) is 4.79 Å². The van der Waals surface area contributed by atoms with Crippen LogP contribution >= 0.6 is 11.3 Å². The van der Waals surface area contributed by atoms with Gasteiger partial charge in [0, 0.05) is 4.88 Å². The lowest BCUT2D eigenvalue weighted by Crippen LogP contribution is -1.90. The molecular formula is C18H18OS. The predicted molar refractivity (Wildman–Crippen MR) is 88.0 cm³/mol. The van der Waals surface area contributed by atoms with Gasteiger partial charge in [-0.15, -0.1) is 11.3 Å². The molecule has 1 aromatic heterocycles. The first-order valence-electron chi connectivity index (χ1n) is 6.58. The molecule has 0 fully saturated rings. The van der Waals surface area contributed by atoms with Crippen molar-refractivity contribution in [2.24, 2.45) is 0 Å². The molecule has 20 heavy (non-hydrogen) atoms. The van der Waals surface area contributed by atoms with E-state index in [4.69, 9.17) is 0 Å². The van der Waals surface area contributed by atoms with Gasteiger partial charge in [-0.25, -0.2) is 0 Å². The molecule has 2 rings (SSSR count). The summed E-state index contributed by atoms with van der Waals surface area (Å²) in [4.78, 5) is 12.9. The minimum Gasteiger partial charge on any atom is -0.290 e. The summed E-state index contributed by atoms with van der Waals surface area (Å²) in [6.07, 6.45) is 7.01. The van der Waals surface area contributed by atoms with E-state index in [0.717, 1.165) is 10.4 Å². The van der Waals surface area contributed by atoms with Gasteiger partial charge in [0.25, 0.3) is 0 Å². The SMILES string of the molecule is Cc1cc(C)c(C=CC(=O)C=Cc2cccs2)c(C)c1. The van der Waals surface area contributed by atoms with E-state index >= 15 is 0 Å². The molecule has 102 valence electrons. The van der Waals surface area contributed by atoms with Gasteiger partial charge in [0.2, 0.25) is 0 Å². The third kappa shape index (κ3) is 3.78. The van der Waals surface area contributed by atoms with E-state index in [9.17, 15) is 4.79 Å². The van der Waals surface area contributed by atoms with Crippen LogP contribution in [0.1, 0.15) is 27.1 Å². The van der Waals surface area contributed by atoms with E-state index in [0.29, 0.717) is 0 Å².